The van der Waals surface area contributed by atoms with Crippen molar-refractivity contribution in [2.24, 2.45) is 28.9 Å². The van der Waals surface area contributed by atoms with Crippen LogP contribution < -0.4 is 5.73 Å². The third kappa shape index (κ3) is 1.44. The van der Waals surface area contributed by atoms with Crippen molar-refractivity contribution in [3.8, 4) is 0 Å². The summed E-state index contributed by atoms with van der Waals surface area (Å²) >= 11 is 0. The van der Waals surface area contributed by atoms with Crippen LogP contribution in [0.4, 0.5) is 0 Å². The minimum absolute atomic E-state index is 0.00447. The van der Waals surface area contributed by atoms with Gasteiger partial charge in [-0.05, 0) is 42.6 Å². The Morgan fingerprint density at radius 2 is 1.87 bits per heavy atom. The molecular formula is C10H19NO3S. The standard InChI is InChI=1S/C10H19NO3S/c1-10(2)7-3-4-8(10)9(6(7)5-11)15(12,13)14/h6-9H,3-5,11H2,1-2H3,(H,12,13,14)/t6-,7?,8?,9-/m0/s1. The third-order valence-electron chi connectivity index (χ3n) is 4.65. The summed E-state index contributed by atoms with van der Waals surface area (Å²) in [5.41, 5.74) is 5.66. The van der Waals surface area contributed by atoms with E-state index < -0.39 is 15.4 Å². The normalized spacial score (nSPS) is 43.5. The Morgan fingerprint density at radius 1 is 1.33 bits per heavy atom. The molecule has 0 aromatic rings. The molecule has 2 fully saturated rings. The van der Waals surface area contributed by atoms with E-state index in [9.17, 15) is 13.0 Å². The summed E-state index contributed by atoms with van der Waals surface area (Å²) in [5.74, 6) is 0.360. The van der Waals surface area contributed by atoms with E-state index in [0.29, 0.717) is 12.5 Å². The minimum Gasteiger partial charge on any atom is -0.330 e. The lowest BCUT2D eigenvalue weighted by atomic mass is 9.80. The summed E-state index contributed by atoms with van der Waals surface area (Å²) in [7, 11) is -3.95. The second kappa shape index (κ2) is 3.18. The molecule has 2 aliphatic rings. The fourth-order valence-electron chi connectivity index (χ4n) is 3.99. The van der Waals surface area contributed by atoms with Gasteiger partial charge in [-0.2, -0.15) is 8.42 Å². The van der Waals surface area contributed by atoms with E-state index in [4.69, 9.17) is 5.73 Å². The maximum absolute atomic E-state index is 11.4. The first-order chi connectivity index (χ1) is 6.80. The first kappa shape index (κ1) is 11.4. The van der Waals surface area contributed by atoms with Crippen LogP contribution in [0.5, 0.6) is 0 Å². The van der Waals surface area contributed by atoms with Gasteiger partial charge in [0.15, 0.2) is 0 Å². The van der Waals surface area contributed by atoms with Gasteiger partial charge < -0.3 is 5.73 Å². The number of hydrogen-bond donors (Lipinski definition) is 2. The Labute approximate surface area is 91.0 Å². The quantitative estimate of drug-likeness (QED) is 0.694. The van der Waals surface area contributed by atoms with Gasteiger partial charge in [0, 0.05) is 0 Å². The molecule has 0 spiro atoms. The lowest BCUT2D eigenvalue weighted by Gasteiger charge is -2.27. The van der Waals surface area contributed by atoms with Crippen molar-refractivity contribution in [2.45, 2.75) is 31.9 Å². The molecule has 15 heavy (non-hydrogen) atoms. The van der Waals surface area contributed by atoms with Gasteiger partial charge >= 0.3 is 0 Å². The highest BCUT2D eigenvalue weighted by atomic mass is 32.2. The van der Waals surface area contributed by atoms with Crippen LogP contribution in [0, 0.1) is 23.2 Å². The zero-order valence-corrected chi connectivity index (χ0v) is 10.00. The average molecular weight is 233 g/mol. The Balaban J connectivity index is 2.42. The third-order valence-corrected chi connectivity index (χ3v) is 6.02. The van der Waals surface area contributed by atoms with E-state index in [-0.39, 0.29) is 17.3 Å². The number of rotatable bonds is 2. The first-order valence-corrected chi connectivity index (χ1v) is 6.97. The first-order valence-electron chi connectivity index (χ1n) is 5.46. The smallest absolute Gasteiger partial charge is 0.268 e. The topological polar surface area (TPSA) is 80.4 Å². The maximum atomic E-state index is 11.4. The van der Waals surface area contributed by atoms with Gasteiger partial charge in [0.1, 0.15) is 0 Å². The molecule has 0 aromatic carbocycles. The van der Waals surface area contributed by atoms with Crippen molar-refractivity contribution in [1.29, 1.82) is 0 Å². The predicted molar refractivity (Wildman–Crippen MR) is 57.9 cm³/mol. The molecule has 3 N–H and O–H groups in total. The van der Waals surface area contributed by atoms with Gasteiger partial charge in [0.2, 0.25) is 0 Å². The Hall–Kier alpha value is -0.130. The van der Waals surface area contributed by atoms with E-state index in [1.54, 1.807) is 0 Å². The second-order valence-corrected chi connectivity index (χ2v) is 7.07. The molecule has 88 valence electrons. The van der Waals surface area contributed by atoms with E-state index in [0.717, 1.165) is 12.8 Å². The predicted octanol–water partition coefficient (Wildman–Crippen LogP) is 0.884. The summed E-state index contributed by atoms with van der Waals surface area (Å²) in [5, 5.41) is -0.628. The van der Waals surface area contributed by atoms with Crippen LogP contribution >= 0.6 is 0 Å². The van der Waals surface area contributed by atoms with Gasteiger partial charge in [0.05, 0.1) is 5.25 Å². The minimum atomic E-state index is -3.95. The molecule has 0 radical (unpaired) electrons. The summed E-state index contributed by atoms with van der Waals surface area (Å²) < 4.78 is 32.1. The van der Waals surface area contributed by atoms with Gasteiger partial charge in [-0.15, -0.1) is 0 Å². The zero-order valence-electron chi connectivity index (χ0n) is 9.18. The molecule has 0 amide bonds. The molecule has 0 saturated heterocycles. The molecule has 0 aromatic heterocycles. The van der Waals surface area contributed by atoms with Crippen LogP contribution in [0.25, 0.3) is 0 Å². The maximum Gasteiger partial charge on any atom is 0.268 e. The van der Waals surface area contributed by atoms with E-state index in [1.807, 2.05) is 0 Å². The van der Waals surface area contributed by atoms with Crippen molar-refractivity contribution >= 4 is 10.1 Å². The van der Waals surface area contributed by atoms with Gasteiger partial charge in [-0.25, -0.2) is 0 Å². The Morgan fingerprint density at radius 3 is 2.27 bits per heavy atom. The summed E-state index contributed by atoms with van der Waals surface area (Å²) in [4.78, 5) is 0. The van der Waals surface area contributed by atoms with Crippen LogP contribution in [0.2, 0.25) is 0 Å². The summed E-state index contributed by atoms with van der Waals surface area (Å²) in [6.45, 7) is 4.56. The lowest BCUT2D eigenvalue weighted by molar-refractivity contribution is 0.237. The number of hydrogen-bond acceptors (Lipinski definition) is 3. The summed E-state index contributed by atoms with van der Waals surface area (Å²) in [6, 6.07) is 0. The second-order valence-electron chi connectivity index (χ2n) is 5.49. The van der Waals surface area contributed by atoms with Crippen LogP contribution in [-0.2, 0) is 10.1 Å². The van der Waals surface area contributed by atoms with Crippen molar-refractivity contribution in [1.82, 2.24) is 0 Å². The van der Waals surface area contributed by atoms with Crippen molar-refractivity contribution < 1.29 is 13.0 Å². The molecule has 0 heterocycles. The highest BCUT2D eigenvalue weighted by molar-refractivity contribution is 7.86. The van der Waals surface area contributed by atoms with E-state index >= 15 is 0 Å². The van der Waals surface area contributed by atoms with Crippen LogP contribution in [0.15, 0.2) is 0 Å². The molecule has 2 aliphatic carbocycles. The fourth-order valence-corrected chi connectivity index (χ4v) is 5.63. The monoisotopic (exact) mass is 233 g/mol. The molecule has 5 heteroatoms. The van der Waals surface area contributed by atoms with Gasteiger partial charge in [-0.3, -0.25) is 4.55 Å². The van der Waals surface area contributed by atoms with Gasteiger partial charge in [0.25, 0.3) is 10.1 Å². The lowest BCUT2D eigenvalue weighted by Crippen LogP contribution is -2.38. The van der Waals surface area contributed by atoms with Crippen molar-refractivity contribution in [3.63, 3.8) is 0 Å². The number of nitrogens with two attached hydrogens (primary N) is 1. The van der Waals surface area contributed by atoms with Crippen LogP contribution in [-0.4, -0.2) is 24.8 Å². The van der Waals surface area contributed by atoms with E-state index in [2.05, 4.69) is 13.8 Å². The summed E-state index contributed by atoms with van der Waals surface area (Å²) in [6.07, 6.45) is 1.95. The molecule has 0 aliphatic heterocycles. The largest absolute Gasteiger partial charge is 0.330 e. The highest BCUT2D eigenvalue weighted by Gasteiger charge is 2.62. The highest BCUT2D eigenvalue weighted by Crippen LogP contribution is 2.61. The fraction of sp³-hybridized carbons (Fsp3) is 1.00. The molecule has 2 rings (SSSR count). The SMILES string of the molecule is CC1(C)C2CCC1[C@H](CN)[C@@H]2S(=O)(=O)O. The van der Waals surface area contributed by atoms with Crippen molar-refractivity contribution in [2.75, 3.05) is 6.54 Å². The molecular weight excluding hydrogens is 214 g/mol. The van der Waals surface area contributed by atoms with E-state index in [1.165, 1.54) is 0 Å². The van der Waals surface area contributed by atoms with Crippen LogP contribution in [0.3, 0.4) is 0 Å². The van der Waals surface area contributed by atoms with Crippen LogP contribution in [0.1, 0.15) is 26.7 Å². The number of fused-ring (bicyclic) bond motifs is 2. The van der Waals surface area contributed by atoms with Crippen molar-refractivity contribution in [3.05, 3.63) is 0 Å². The molecule has 4 nitrogen and oxygen atoms in total. The molecule has 2 saturated carbocycles. The van der Waals surface area contributed by atoms with Gasteiger partial charge in [-0.1, -0.05) is 13.8 Å². The molecule has 2 bridgehead atoms. The zero-order chi connectivity index (χ0) is 11.4. The molecule has 2 unspecified atom stereocenters. The average Bonchev–Trinajstić information content (AvgIpc) is 2.51. The Bertz CT molecular complexity index is 363. The Kier molecular flexibility index (Phi) is 2.41. The molecule has 4 atom stereocenters.